The molecule has 0 amide bonds. The van der Waals surface area contributed by atoms with Crippen LogP contribution in [0.4, 0.5) is 0 Å². The SMILES string of the molecule is CCc1cc(COc2ccc(C(=O)OC)cc2)n(CC)n1. The number of ether oxygens (including phenoxy) is 2. The molecule has 0 atom stereocenters. The second-order valence-corrected chi connectivity index (χ2v) is 4.60. The number of esters is 1. The summed E-state index contributed by atoms with van der Waals surface area (Å²) in [6, 6.07) is 8.97. The van der Waals surface area contributed by atoms with E-state index < -0.39 is 0 Å². The number of hydrogen-bond donors (Lipinski definition) is 0. The Labute approximate surface area is 124 Å². The first-order valence-corrected chi connectivity index (χ1v) is 7.04. The molecule has 0 aliphatic heterocycles. The average Bonchev–Trinajstić information content (AvgIpc) is 2.95. The maximum Gasteiger partial charge on any atom is 0.337 e. The minimum atomic E-state index is -0.349. The molecule has 0 spiro atoms. The molecule has 1 aromatic heterocycles. The van der Waals surface area contributed by atoms with Gasteiger partial charge in [-0.15, -0.1) is 0 Å². The van der Waals surface area contributed by atoms with E-state index in [9.17, 15) is 4.79 Å². The number of aromatic nitrogens is 2. The van der Waals surface area contributed by atoms with Gasteiger partial charge in [0.25, 0.3) is 0 Å². The van der Waals surface area contributed by atoms with Gasteiger partial charge in [-0.3, -0.25) is 4.68 Å². The van der Waals surface area contributed by atoms with E-state index >= 15 is 0 Å². The highest BCUT2D eigenvalue weighted by atomic mass is 16.5. The normalized spacial score (nSPS) is 10.4. The predicted octanol–water partition coefficient (Wildman–Crippen LogP) is 2.83. The van der Waals surface area contributed by atoms with Crippen LogP contribution in [0.5, 0.6) is 5.75 Å². The van der Waals surface area contributed by atoms with E-state index in [0.29, 0.717) is 17.9 Å². The minimum absolute atomic E-state index is 0.349. The van der Waals surface area contributed by atoms with Gasteiger partial charge in [0, 0.05) is 6.54 Å². The van der Waals surface area contributed by atoms with Gasteiger partial charge in [-0.2, -0.15) is 5.10 Å². The molecule has 2 aromatic rings. The molecular formula is C16H20N2O3. The summed E-state index contributed by atoms with van der Waals surface area (Å²) in [4.78, 5) is 11.3. The van der Waals surface area contributed by atoms with Crippen LogP contribution in [0.25, 0.3) is 0 Å². The summed E-state index contributed by atoms with van der Waals surface area (Å²) in [6.07, 6.45) is 0.911. The third-order valence-electron chi connectivity index (χ3n) is 3.24. The lowest BCUT2D eigenvalue weighted by molar-refractivity contribution is 0.0600. The Morgan fingerprint density at radius 3 is 2.52 bits per heavy atom. The summed E-state index contributed by atoms with van der Waals surface area (Å²) in [6.45, 7) is 5.41. The Kier molecular flexibility index (Phi) is 4.98. The Morgan fingerprint density at radius 2 is 1.95 bits per heavy atom. The molecule has 5 heteroatoms. The average molecular weight is 288 g/mol. The molecule has 0 fully saturated rings. The highest BCUT2D eigenvalue weighted by Gasteiger charge is 2.08. The predicted molar refractivity (Wildman–Crippen MR) is 79.4 cm³/mol. The standard InChI is InChI=1S/C16H20N2O3/c1-4-13-10-14(18(5-2)17-13)11-21-15-8-6-12(7-9-15)16(19)20-3/h6-10H,4-5,11H2,1-3H3. The molecule has 0 aliphatic rings. The zero-order chi connectivity index (χ0) is 15.2. The van der Waals surface area contributed by atoms with Gasteiger partial charge in [0.05, 0.1) is 24.1 Å². The van der Waals surface area contributed by atoms with Crippen LogP contribution in [0.3, 0.4) is 0 Å². The number of rotatable bonds is 6. The lowest BCUT2D eigenvalue weighted by Crippen LogP contribution is -2.06. The van der Waals surface area contributed by atoms with E-state index in [-0.39, 0.29) is 5.97 Å². The molecular weight excluding hydrogens is 268 g/mol. The number of benzene rings is 1. The van der Waals surface area contributed by atoms with Crippen molar-refractivity contribution in [3.8, 4) is 5.75 Å². The fourth-order valence-corrected chi connectivity index (χ4v) is 2.04. The monoisotopic (exact) mass is 288 g/mol. The highest BCUT2D eigenvalue weighted by Crippen LogP contribution is 2.15. The molecule has 2 rings (SSSR count). The molecule has 0 unspecified atom stereocenters. The van der Waals surface area contributed by atoms with Gasteiger partial charge in [0.15, 0.2) is 0 Å². The van der Waals surface area contributed by atoms with Crippen molar-refractivity contribution >= 4 is 5.97 Å². The van der Waals surface area contributed by atoms with Crippen molar-refractivity contribution in [3.63, 3.8) is 0 Å². The molecule has 0 aliphatic carbocycles. The maximum absolute atomic E-state index is 11.3. The Morgan fingerprint density at radius 1 is 1.24 bits per heavy atom. The summed E-state index contributed by atoms with van der Waals surface area (Å²) in [7, 11) is 1.37. The number of aryl methyl sites for hydroxylation is 2. The van der Waals surface area contributed by atoms with Crippen LogP contribution in [0.15, 0.2) is 30.3 Å². The number of methoxy groups -OCH3 is 1. The fourth-order valence-electron chi connectivity index (χ4n) is 2.04. The van der Waals surface area contributed by atoms with Crippen molar-refractivity contribution in [2.24, 2.45) is 0 Å². The van der Waals surface area contributed by atoms with Gasteiger partial charge in [-0.05, 0) is 43.7 Å². The molecule has 112 valence electrons. The first-order valence-electron chi connectivity index (χ1n) is 7.04. The molecule has 0 bridgehead atoms. The van der Waals surface area contributed by atoms with Gasteiger partial charge < -0.3 is 9.47 Å². The van der Waals surface area contributed by atoms with E-state index in [1.54, 1.807) is 24.3 Å². The van der Waals surface area contributed by atoms with Crippen molar-refractivity contribution in [1.29, 1.82) is 0 Å². The maximum atomic E-state index is 11.3. The summed E-state index contributed by atoms with van der Waals surface area (Å²) in [5.41, 5.74) is 2.62. The highest BCUT2D eigenvalue weighted by molar-refractivity contribution is 5.89. The second kappa shape index (κ2) is 6.92. The Bertz CT molecular complexity index is 602. The van der Waals surface area contributed by atoms with Crippen LogP contribution >= 0.6 is 0 Å². The molecule has 0 saturated carbocycles. The van der Waals surface area contributed by atoms with Gasteiger partial charge in [-0.25, -0.2) is 4.79 Å². The van der Waals surface area contributed by atoms with E-state index in [4.69, 9.17) is 4.74 Å². The number of nitrogens with zero attached hydrogens (tertiary/aromatic N) is 2. The van der Waals surface area contributed by atoms with Crippen LogP contribution in [-0.2, 0) is 24.3 Å². The molecule has 1 heterocycles. The summed E-state index contributed by atoms with van der Waals surface area (Å²) in [5, 5.41) is 4.48. The van der Waals surface area contributed by atoms with Gasteiger partial charge in [0.1, 0.15) is 12.4 Å². The zero-order valence-electron chi connectivity index (χ0n) is 12.6. The zero-order valence-corrected chi connectivity index (χ0v) is 12.6. The second-order valence-electron chi connectivity index (χ2n) is 4.60. The molecule has 1 aromatic carbocycles. The molecule has 21 heavy (non-hydrogen) atoms. The third-order valence-corrected chi connectivity index (χ3v) is 3.24. The molecule has 0 N–H and O–H groups in total. The largest absolute Gasteiger partial charge is 0.487 e. The lowest BCUT2D eigenvalue weighted by Gasteiger charge is -2.08. The van der Waals surface area contributed by atoms with Gasteiger partial charge in [-0.1, -0.05) is 6.92 Å². The van der Waals surface area contributed by atoms with E-state index in [0.717, 1.165) is 24.4 Å². The van der Waals surface area contributed by atoms with Crippen LogP contribution < -0.4 is 4.74 Å². The van der Waals surface area contributed by atoms with Gasteiger partial charge >= 0.3 is 5.97 Å². The molecule has 5 nitrogen and oxygen atoms in total. The summed E-state index contributed by atoms with van der Waals surface area (Å²) < 4.78 is 12.4. The third kappa shape index (κ3) is 3.62. The Hall–Kier alpha value is -2.30. The molecule has 0 saturated heterocycles. The van der Waals surface area contributed by atoms with Crippen molar-refractivity contribution in [2.75, 3.05) is 7.11 Å². The number of carbonyl (C=O) groups excluding carboxylic acids is 1. The smallest absolute Gasteiger partial charge is 0.337 e. The molecule has 0 radical (unpaired) electrons. The first-order chi connectivity index (χ1) is 10.2. The Balaban J connectivity index is 2.02. The van der Waals surface area contributed by atoms with Crippen molar-refractivity contribution < 1.29 is 14.3 Å². The van der Waals surface area contributed by atoms with Crippen molar-refractivity contribution in [1.82, 2.24) is 9.78 Å². The van der Waals surface area contributed by atoms with E-state index in [1.807, 2.05) is 4.68 Å². The fraction of sp³-hybridized carbons (Fsp3) is 0.375. The minimum Gasteiger partial charge on any atom is -0.487 e. The van der Waals surface area contributed by atoms with Crippen molar-refractivity contribution in [2.45, 2.75) is 33.4 Å². The topological polar surface area (TPSA) is 53.4 Å². The van der Waals surface area contributed by atoms with Crippen LogP contribution in [0.1, 0.15) is 35.6 Å². The quantitative estimate of drug-likeness (QED) is 0.767. The number of hydrogen-bond acceptors (Lipinski definition) is 4. The van der Waals surface area contributed by atoms with Crippen LogP contribution in [0, 0.1) is 0 Å². The summed E-state index contributed by atoms with van der Waals surface area (Å²) >= 11 is 0. The van der Waals surface area contributed by atoms with Crippen LogP contribution in [0.2, 0.25) is 0 Å². The first kappa shape index (κ1) is 15.1. The van der Waals surface area contributed by atoms with E-state index in [1.165, 1.54) is 7.11 Å². The van der Waals surface area contributed by atoms with Gasteiger partial charge in [0.2, 0.25) is 0 Å². The summed E-state index contributed by atoms with van der Waals surface area (Å²) in [5.74, 6) is 0.364. The van der Waals surface area contributed by atoms with E-state index in [2.05, 4.69) is 29.7 Å². The van der Waals surface area contributed by atoms with Crippen molar-refractivity contribution in [3.05, 3.63) is 47.3 Å². The lowest BCUT2D eigenvalue weighted by atomic mass is 10.2. The van der Waals surface area contributed by atoms with Crippen LogP contribution in [-0.4, -0.2) is 22.9 Å². The number of carbonyl (C=O) groups is 1.